The molecule has 6 nitrogen and oxygen atoms in total. The first kappa shape index (κ1) is 16.3. The van der Waals surface area contributed by atoms with Gasteiger partial charge in [0.05, 0.1) is 0 Å². The van der Waals surface area contributed by atoms with Crippen molar-refractivity contribution in [3.63, 3.8) is 0 Å². The van der Waals surface area contributed by atoms with Gasteiger partial charge in [-0.1, -0.05) is 0 Å². The van der Waals surface area contributed by atoms with Crippen LogP contribution in [0.5, 0.6) is 0 Å². The summed E-state index contributed by atoms with van der Waals surface area (Å²) in [4.78, 5) is 46.1. The number of cyclic esters (lactones) is 2. The highest BCUT2D eigenvalue weighted by molar-refractivity contribution is 5.93. The van der Waals surface area contributed by atoms with Gasteiger partial charge in [-0.3, -0.25) is 0 Å². The second-order valence-electron chi connectivity index (χ2n) is 5.64. The van der Waals surface area contributed by atoms with Crippen molar-refractivity contribution in [1.29, 1.82) is 0 Å². The number of hydrogen-bond donors (Lipinski definition) is 0. The lowest BCUT2D eigenvalue weighted by Gasteiger charge is -2.40. The van der Waals surface area contributed by atoms with Gasteiger partial charge in [-0.15, -0.1) is 0 Å². The molecule has 0 spiro atoms. The third-order valence-electron chi connectivity index (χ3n) is 3.41. The molecule has 0 aromatic rings. The highest BCUT2D eigenvalue weighted by atomic mass is 16.7. The highest BCUT2D eigenvalue weighted by Gasteiger charge is 2.53. The summed E-state index contributed by atoms with van der Waals surface area (Å²) in [5, 5.41) is 0. The summed E-state index contributed by atoms with van der Waals surface area (Å²) >= 11 is 0. The molecule has 2 atom stereocenters. The smallest absolute Gasteiger partial charge is 0.351 e. The Hall–Kier alpha value is -1.72. The van der Waals surface area contributed by atoms with Crippen LogP contribution in [0.3, 0.4) is 0 Å². The molecule has 0 bridgehead atoms. The molecule has 1 aliphatic rings. The molecule has 0 N–H and O–H groups in total. The Labute approximate surface area is 117 Å². The predicted octanol–water partition coefficient (Wildman–Crippen LogP) is 1.34. The molecular weight excluding hydrogens is 264 g/mol. The summed E-state index contributed by atoms with van der Waals surface area (Å²) < 4.78 is 10.4. The summed E-state index contributed by atoms with van der Waals surface area (Å²) in [6.07, 6.45) is 0.442. The van der Waals surface area contributed by atoms with Crippen LogP contribution in [-0.2, 0) is 28.7 Å². The molecule has 1 fully saturated rings. The normalized spacial score (nSPS) is 29.6. The summed E-state index contributed by atoms with van der Waals surface area (Å²) in [6, 6.07) is 0. The minimum atomic E-state index is -1.43. The number of hydrogen-bond acceptors (Lipinski definition) is 6. The molecule has 0 aliphatic carbocycles. The van der Waals surface area contributed by atoms with E-state index in [9.17, 15) is 19.2 Å². The molecule has 20 heavy (non-hydrogen) atoms. The molecule has 1 heterocycles. The molecule has 0 aromatic heterocycles. The average molecular weight is 284 g/mol. The number of ketones is 2. The number of esters is 2. The SMILES string of the molecule is CC(=O)CCC1(C)OC(=O)C(C)(CCC(C)=O)OC1=O. The number of carbonyl (C=O) groups excluding carboxylic acids is 4. The molecule has 0 amide bonds. The standard InChI is InChI=1S/C14H20O6/c1-9(15)5-7-13(3)11(17)20-14(4,12(18)19-13)8-6-10(2)16/h5-8H2,1-4H3. The van der Waals surface area contributed by atoms with Gasteiger partial charge in [0, 0.05) is 25.7 Å². The van der Waals surface area contributed by atoms with E-state index in [1.165, 1.54) is 27.7 Å². The summed E-state index contributed by atoms with van der Waals surface area (Å²) in [5.41, 5.74) is -2.86. The van der Waals surface area contributed by atoms with Crippen molar-refractivity contribution < 1.29 is 28.7 Å². The Morgan fingerprint density at radius 2 is 1.15 bits per heavy atom. The van der Waals surface area contributed by atoms with Gasteiger partial charge in [-0.2, -0.15) is 0 Å². The lowest BCUT2D eigenvalue weighted by molar-refractivity contribution is -0.224. The predicted molar refractivity (Wildman–Crippen MR) is 68.8 cm³/mol. The minimum absolute atomic E-state index is 0.0930. The Kier molecular flexibility index (Phi) is 4.68. The largest absolute Gasteiger partial charge is 0.444 e. The Morgan fingerprint density at radius 3 is 1.40 bits per heavy atom. The lowest BCUT2D eigenvalue weighted by Crippen LogP contribution is -2.57. The Morgan fingerprint density at radius 1 is 0.850 bits per heavy atom. The number of Topliss-reactive ketones (excluding diaryl/α,β-unsaturated/α-hetero) is 2. The number of ether oxygens (including phenoxy) is 2. The van der Waals surface area contributed by atoms with Gasteiger partial charge >= 0.3 is 11.9 Å². The van der Waals surface area contributed by atoms with Gasteiger partial charge in [0.2, 0.25) is 11.2 Å². The first-order valence-corrected chi connectivity index (χ1v) is 6.55. The van der Waals surface area contributed by atoms with Crippen molar-refractivity contribution in [3.05, 3.63) is 0 Å². The molecule has 2 unspecified atom stereocenters. The van der Waals surface area contributed by atoms with Crippen molar-refractivity contribution in [2.24, 2.45) is 0 Å². The van der Waals surface area contributed by atoms with Crippen LogP contribution in [0.4, 0.5) is 0 Å². The first-order valence-electron chi connectivity index (χ1n) is 6.55. The quantitative estimate of drug-likeness (QED) is 0.684. The Bertz CT molecular complexity index is 413. The third-order valence-corrected chi connectivity index (χ3v) is 3.41. The third kappa shape index (κ3) is 3.65. The topological polar surface area (TPSA) is 86.7 Å². The van der Waals surface area contributed by atoms with Crippen molar-refractivity contribution >= 4 is 23.5 Å². The summed E-state index contributed by atoms with van der Waals surface area (Å²) in [7, 11) is 0. The Balaban J connectivity index is 2.79. The van der Waals surface area contributed by atoms with Crippen molar-refractivity contribution in [2.75, 3.05) is 0 Å². The molecule has 0 saturated carbocycles. The zero-order valence-corrected chi connectivity index (χ0v) is 12.3. The zero-order chi connectivity index (χ0) is 15.6. The maximum atomic E-state index is 12.0. The van der Waals surface area contributed by atoms with E-state index in [1.54, 1.807) is 0 Å². The van der Waals surface area contributed by atoms with E-state index in [0.29, 0.717) is 0 Å². The van der Waals surface area contributed by atoms with Crippen LogP contribution in [0, 0.1) is 0 Å². The van der Waals surface area contributed by atoms with Gasteiger partial charge in [0.25, 0.3) is 0 Å². The van der Waals surface area contributed by atoms with E-state index in [4.69, 9.17) is 9.47 Å². The summed E-state index contributed by atoms with van der Waals surface area (Å²) in [5.74, 6) is -1.55. The van der Waals surface area contributed by atoms with E-state index in [-0.39, 0.29) is 37.2 Å². The van der Waals surface area contributed by atoms with Gasteiger partial charge in [0.1, 0.15) is 11.6 Å². The fourth-order valence-electron chi connectivity index (χ4n) is 1.84. The molecule has 1 rings (SSSR count). The van der Waals surface area contributed by atoms with E-state index in [0.717, 1.165) is 0 Å². The molecule has 0 aromatic carbocycles. The van der Waals surface area contributed by atoms with Gasteiger partial charge in [-0.05, 0) is 27.7 Å². The number of rotatable bonds is 6. The molecule has 112 valence electrons. The van der Waals surface area contributed by atoms with Gasteiger partial charge in [0.15, 0.2) is 0 Å². The van der Waals surface area contributed by atoms with E-state index in [2.05, 4.69) is 0 Å². The van der Waals surface area contributed by atoms with E-state index >= 15 is 0 Å². The van der Waals surface area contributed by atoms with E-state index in [1.807, 2.05) is 0 Å². The van der Waals surface area contributed by atoms with Crippen molar-refractivity contribution in [3.8, 4) is 0 Å². The second-order valence-corrected chi connectivity index (χ2v) is 5.64. The van der Waals surface area contributed by atoms with Crippen LogP contribution in [0.1, 0.15) is 53.4 Å². The van der Waals surface area contributed by atoms with Crippen molar-refractivity contribution in [1.82, 2.24) is 0 Å². The summed E-state index contributed by atoms with van der Waals surface area (Å²) in [6.45, 7) is 5.66. The van der Waals surface area contributed by atoms with Crippen LogP contribution < -0.4 is 0 Å². The fraction of sp³-hybridized carbons (Fsp3) is 0.714. The second kappa shape index (κ2) is 5.73. The molecule has 1 aliphatic heterocycles. The molecule has 6 heteroatoms. The zero-order valence-electron chi connectivity index (χ0n) is 12.3. The van der Waals surface area contributed by atoms with Crippen LogP contribution >= 0.6 is 0 Å². The van der Waals surface area contributed by atoms with Crippen LogP contribution in [0.25, 0.3) is 0 Å². The minimum Gasteiger partial charge on any atom is -0.444 e. The van der Waals surface area contributed by atoms with Crippen molar-refractivity contribution in [2.45, 2.75) is 64.6 Å². The molecular formula is C14H20O6. The van der Waals surface area contributed by atoms with Gasteiger partial charge in [-0.25, -0.2) is 9.59 Å². The first-order chi connectivity index (χ1) is 9.09. The molecule has 1 saturated heterocycles. The maximum Gasteiger partial charge on any atom is 0.351 e. The lowest BCUT2D eigenvalue weighted by atomic mass is 9.92. The monoisotopic (exact) mass is 284 g/mol. The highest BCUT2D eigenvalue weighted by Crippen LogP contribution is 2.33. The van der Waals surface area contributed by atoms with Crippen LogP contribution in [-0.4, -0.2) is 34.7 Å². The van der Waals surface area contributed by atoms with Gasteiger partial charge < -0.3 is 19.1 Å². The van der Waals surface area contributed by atoms with E-state index < -0.39 is 23.1 Å². The molecule has 0 radical (unpaired) electrons. The van der Waals surface area contributed by atoms with Crippen LogP contribution in [0.2, 0.25) is 0 Å². The van der Waals surface area contributed by atoms with Crippen LogP contribution in [0.15, 0.2) is 0 Å². The number of carbonyl (C=O) groups is 4. The fourth-order valence-corrected chi connectivity index (χ4v) is 1.84. The average Bonchev–Trinajstić information content (AvgIpc) is 2.32. The maximum absolute atomic E-state index is 12.0.